The van der Waals surface area contributed by atoms with E-state index >= 15 is 0 Å². The number of nitriles is 1. The maximum absolute atomic E-state index is 14.0. The number of hydrogen-bond acceptors (Lipinski definition) is 2. The van der Waals surface area contributed by atoms with Crippen LogP contribution in [-0.4, -0.2) is 9.55 Å². The molecule has 0 amide bonds. The molecule has 2 aromatic heterocycles. The van der Waals surface area contributed by atoms with Gasteiger partial charge in [-0.05, 0) is 47.5 Å². The second kappa shape index (κ2) is 7.87. The first kappa shape index (κ1) is 22.5. The first-order chi connectivity index (χ1) is 16.6. The Labute approximate surface area is 194 Å². The molecule has 0 aliphatic heterocycles. The average Bonchev–Trinajstić information content (AvgIpc) is 3.17. The summed E-state index contributed by atoms with van der Waals surface area (Å²) in [6.07, 6.45) is -6.61. The fourth-order valence-corrected chi connectivity index (χ4v) is 4.38. The molecule has 0 atom stereocenters. The second-order valence-corrected chi connectivity index (χ2v) is 7.81. The zero-order valence-electron chi connectivity index (χ0n) is 17.6. The van der Waals surface area contributed by atoms with Crippen LogP contribution in [0, 0.1) is 11.3 Å². The van der Waals surface area contributed by atoms with Gasteiger partial charge < -0.3 is 4.57 Å². The SMILES string of the molecule is N#Cc1cc(-n2c3c(C(F)(F)F)cccc3c3cccc(C(F)(F)F)c32)ccc1-c1ccncc1. The molecule has 5 rings (SSSR count). The van der Waals surface area contributed by atoms with Crippen LogP contribution in [0.4, 0.5) is 26.3 Å². The largest absolute Gasteiger partial charge is 0.418 e. The van der Waals surface area contributed by atoms with E-state index in [0.717, 1.165) is 16.7 Å². The lowest BCUT2D eigenvalue weighted by Gasteiger charge is -2.16. The van der Waals surface area contributed by atoms with Crippen LogP contribution in [0.25, 0.3) is 38.6 Å². The van der Waals surface area contributed by atoms with Gasteiger partial charge in [0.05, 0.1) is 33.8 Å². The third kappa shape index (κ3) is 3.67. The predicted molar refractivity (Wildman–Crippen MR) is 119 cm³/mol. The van der Waals surface area contributed by atoms with Gasteiger partial charge in [-0.2, -0.15) is 31.6 Å². The normalized spacial score (nSPS) is 12.3. The first-order valence-corrected chi connectivity index (χ1v) is 10.3. The minimum Gasteiger partial charge on any atom is -0.308 e. The van der Waals surface area contributed by atoms with E-state index in [1.54, 1.807) is 12.1 Å². The fraction of sp³-hybridized carbons (Fsp3) is 0.0769. The monoisotopic (exact) mass is 481 g/mol. The van der Waals surface area contributed by atoms with E-state index in [4.69, 9.17) is 0 Å². The molecule has 5 aromatic rings. The number of nitrogens with zero attached hydrogens (tertiary/aromatic N) is 3. The van der Waals surface area contributed by atoms with Gasteiger partial charge in [0, 0.05) is 28.9 Å². The summed E-state index contributed by atoms with van der Waals surface area (Å²) in [6.45, 7) is 0. The van der Waals surface area contributed by atoms with Crippen LogP contribution >= 0.6 is 0 Å². The number of aromatic nitrogens is 2. The van der Waals surface area contributed by atoms with Crippen LogP contribution in [0.15, 0.2) is 79.1 Å². The minimum absolute atomic E-state index is 0.00718. The summed E-state index contributed by atoms with van der Waals surface area (Å²) >= 11 is 0. The molecule has 0 N–H and O–H groups in total. The molecule has 0 saturated heterocycles. The standard InChI is InChI=1S/C26H13F6N3/c27-25(28,29)21-5-1-3-19-20-4-2-6-22(26(30,31)32)24(20)35(23(19)21)17-7-8-18(16(13-17)14-33)15-9-11-34-12-10-15/h1-13H. The third-order valence-corrected chi connectivity index (χ3v) is 5.79. The van der Waals surface area contributed by atoms with Gasteiger partial charge in [0.2, 0.25) is 0 Å². The Morgan fingerprint density at radius 3 is 1.74 bits per heavy atom. The van der Waals surface area contributed by atoms with Crippen LogP contribution in [-0.2, 0) is 12.4 Å². The minimum atomic E-state index is -4.82. The molecule has 0 aliphatic carbocycles. The highest BCUT2D eigenvalue weighted by atomic mass is 19.4. The van der Waals surface area contributed by atoms with Crippen LogP contribution in [0.1, 0.15) is 16.7 Å². The van der Waals surface area contributed by atoms with Crippen LogP contribution < -0.4 is 0 Å². The van der Waals surface area contributed by atoms with Crippen LogP contribution in [0.3, 0.4) is 0 Å². The zero-order valence-corrected chi connectivity index (χ0v) is 17.6. The highest BCUT2D eigenvalue weighted by molar-refractivity contribution is 6.11. The summed E-state index contributed by atoms with van der Waals surface area (Å²) in [6, 6.07) is 16.3. The lowest BCUT2D eigenvalue weighted by molar-refractivity contribution is -0.136. The van der Waals surface area contributed by atoms with E-state index in [-0.39, 0.29) is 22.0 Å². The Bertz CT molecular complexity index is 1550. The number of fused-ring (bicyclic) bond motifs is 3. The number of alkyl halides is 6. The molecule has 174 valence electrons. The van der Waals surface area contributed by atoms with Gasteiger partial charge in [0.25, 0.3) is 0 Å². The molecule has 0 fully saturated rings. The number of para-hydroxylation sites is 2. The maximum Gasteiger partial charge on any atom is 0.418 e. The molecular weight excluding hydrogens is 468 g/mol. The topological polar surface area (TPSA) is 41.6 Å². The van der Waals surface area contributed by atoms with Gasteiger partial charge >= 0.3 is 12.4 Å². The van der Waals surface area contributed by atoms with Crippen molar-refractivity contribution in [3.8, 4) is 22.9 Å². The molecule has 35 heavy (non-hydrogen) atoms. The summed E-state index contributed by atoms with van der Waals surface area (Å²) in [7, 11) is 0. The van der Waals surface area contributed by atoms with Gasteiger partial charge in [0.1, 0.15) is 0 Å². The average molecular weight is 481 g/mol. The molecule has 3 nitrogen and oxygen atoms in total. The molecule has 2 heterocycles. The summed E-state index contributed by atoms with van der Waals surface area (Å²) < 4.78 is 85.0. The highest BCUT2D eigenvalue weighted by Gasteiger charge is 2.38. The molecule has 3 aromatic carbocycles. The van der Waals surface area contributed by atoms with Crippen LogP contribution in [0.2, 0.25) is 0 Å². The molecule has 0 saturated carbocycles. The van der Waals surface area contributed by atoms with Gasteiger partial charge in [-0.1, -0.05) is 30.3 Å². The molecule has 9 heteroatoms. The molecule has 0 unspecified atom stereocenters. The Kier molecular flexibility index (Phi) is 5.06. The second-order valence-electron chi connectivity index (χ2n) is 7.81. The summed E-state index contributed by atoms with van der Waals surface area (Å²) in [4.78, 5) is 3.92. The van der Waals surface area contributed by atoms with Crippen molar-refractivity contribution in [3.05, 3.63) is 95.8 Å². The molecule has 0 spiro atoms. The zero-order chi connectivity index (χ0) is 25.0. The Hall–Kier alpha value is -4.32. The maximum atomic E-state index is 14.0. The summed E-state index contributed by atoms with van der Waals surface area (Å²) in [5.74, 6) is 0. The van der Waals surface area contributed by atoms with Crippen molar-refractivity contribution in [2.75, 3.05) is 0 Å². The predicted octanol–water partition coefficient (Wildman–Crippen LogP) is 7.75. The number of rotatable bonds is 2. The van der Waals surface area contributed by atoms with Crippen molar-refractivity contribution in [1.82, 2.24) is 9.55 Å². The number of halogens is 6. The van der Waals surface area contributed by atoms with Crippen molar-refractivity contribution in [2.24, 2.45) is 0 Å². The quantitative estimate of drug-likeness (QED) is 0.242. The van der Waals surface area contributed by atoms with Gasteiger partial charge in [-0.3, -0.25) is 4.98 Å². The Morgan fingerprint density at radius 2 is 1.26 bits per heavy atom. The fourth-order valence-electron chi connectivity index (χ4n) is 4.38. The molecular formula is C26H13F6N3. The van der Waals surface area contributed by atoms with E-state index in [1.807, 2.05) is 6.07 Å². The summed E-state index contributed by atoms with van der Waals surface area (Å²) in [5.41, 5.74) is -1.75. The Balaban J connectivity index is 1.94. The number of benzene rings is 3. The van der Waals surface area contributed by atoms with E-state index < -0.39 is 34.5 Å². The first-order valence-electron chi connectivity index (χ1n) is 10.3. The molecule has 0 radical (unpaired) electrons. The van der Waals surface area contributed by atoms with Crippen molar-refractivity contribution < 1.29 is 26.3 Å². The van der Waals surface area contributed by atoms with Crippen molar-refractivity contribution in [2.45, 2.75) is 12.4 Å². The lowest BCUT2D eigenvalue weighted by atomic mass is 10.0. The smallest absolute Gasteiger partial charge is 0.308 e. The van der Waals surface area contributed by atoms with E-state index in [0.29, 0.717) is 11.1 Å². The number of hydrogen-bond donors (Lipinski definition) is 0. The van der Waals surface area contributed by atoms with Gasteiger partial charge in [0.15, 0.2) is 0 Å². The van der Waals surface area contributed by atoms with Crippen molar-refractivity contribution in [3.63, 3.8) is 0 Å². The molecule has 0 bridgehead atoms. The van der Waals surface area contributed by atoms with Gasteiger partial charge in [-0.15, -0.1) is 0 Å². The third-order valence-electron chi connectivity index (χ3n) is 5.79. The lowest BCUT2D eigenvalue weighted by Crippen LogP contribution is -2.10. The van der Waals surface area contributed by atoms with E-state index in [1.165, 1.54) is 54.9 Å². The summed E-state index contributed by atoms with van der Waals surface area (Å²) in [5, 5.41) is 9.81. The molecule has 0 aliphatic rings. The highest BCUT2D eigenvalue weighted by Crippen LogP contribution is 2.44. The number of pyridine rings is 1. The van der Waals surface area contributed by atoms with E-state index in [2.05, 4.69) is 4.98 Å². The Morgan fingerprint density at radius 1 is 0.714 bits per heavy atom. The van der Waals surface area contributed by atoms with Crippen LogP contribution in [0.5, 0.6) is 0 Å². The van der Waals surface area contributed by atoms with Crippen molar-refractivity contribution in [1.29, 1.82) is 5.26 Å². The van der Waals surface area contributed by atoms with E-state index in [9.17, 15) is 31.6 Å². The van der Waals surface area contributed by atoms with Crippen molar-refractivity contribution >= 4 is 21.8 Å². The van der Waals surface area contributed by atoms with Gasteiger partial charge in [-0.25, -0.2) is 0 Å².